The molecular formula is C22H25F3N2O2. The van der Waals surface area contributed by atoms with Crippen molar-refractivity contribution in [1.82, 2.24) is 10.2 Å². The summed E-state index contributed by atoms with van der Waals surface area (Å²) in [7, 11) is 1.64. The normalized spacial score (nSPS) is 17.7. The van der Waals surface area contributed by atoms with E-state index < -0.39 is 24.5 Å². The number of para-hydroxylation sites is 1. The molecule has 1 aliphatic heterocycles. The molecule has 156 valence electrons. The van der Waals surface area contributed by atoms with Crippen LogP contribution in [0.5, 0.6) is 5.75 Å². The fourth-order valence-electron chi connectivity index (χ4n) is 3.72. The summed E-state index contributed by atoms with van der Waals surface area (Å²) >= 11 is 0. The minimum absolute atomic E-state index is 0.413. The summed E-state index contributed by atoms with van der Waals surface area (Å²) in [5.41, 5.74) is 3.13. The first-order valence-corrected chi connectivity index (χ1v) is 9.65. The average molecular weight is 406 g/mol. The lowest BCUT2D eigenvalue weighted by Crippen LogP contribution is -2.44. The standard InChI is InChI=1S/C22H25F3N2O2/c1-29-20-10-3-2-9-19(20)17-7-4-6-16(12-17)13-27-11-5-8-18(14-27)21(28)26-15-22(23,24)25/h2-4,6-7,9-10,12,18H,5,8,11,13-15H2,1H3,(H,26,28). The van der Waals surface area contributed by atoms with Crippen LogP contribution in [0.2, 0.25) is 0 Å². The van der Waals surface area contributed by atoms with Crippen LogP contribution in [0, 0.1) is 5.92 Å². The van der Waals surface area contributed by atoms with Crippen LogP contribution in [0.15, 0.2) is 48.5 Å². The molecule has 0 spiro atoms. The number of hydrogen-bond acceptors (Lipinski definition) is 3. The van der Waals surface area contributed by atoms with Gasteiger partial charge in [0, 0.05) is 18.7 Å². The van der Waals surface area contributed by atoms with Crippen molar-refractivity contribution in [2.24, 2.45) is 5.92 Å². The Morgan fingerprint density at radius 2 is 2.00 bits per heavy atom. The van der Waals surface area contributed by atoms with Crippen molar-refractivity contribution in [2.75, 3.05) is 26.7 Å². The van der Waals surface area contributed by atoms with E-state index in [-0.39, 0.29) is 0 Å². The van der Waals surface area contributed by atoms with Crippen LogP contribution in [0.4, 0.5) is 13.2 Å². The van der Waals surface area contributed by atoms with Gasteiger partial charge in [-0.05, 0) is 42.6 Å². The number of carbonyl (C=O) groups is 1. The predicted octanol–water partition coefficient (Wildman–Crippen LogP) is 4.25. The summed E-state index contributed by atoms with van der Waals surface area (Å²) in [4.78, 5) is 14.2. The van der Waals surface area contributed by atoms with Gasteiger partial charge in [-0.25, -0.2) is 0 Å². The molecule has 1 saturated heterocycles. The number of likely N-dealkylation sites (tertiary alicyclic amines) is 1. The molecule has 1 fully saturated rings. The first-order valence-electron chi connectivity index (χ1n) is 9.65. The number of benzene rings is 2. The molecule has 1 atom stereocenters. The zero-order valence-electron chi connectivity index (χ0n) is 16.3. The minimum Gasteiger partial charge on any atom is -0.496 e. The van der Waals surface area contributed by atoms with Gasteiger partial charge in [0.15, 0.2) is 0 Å². The van der Waals surface area contributed by atoms with Crippen molar-refractivity contribution in [1.29, 1.82) is 0 Å². The van der Waals surface area contributed by atoms with E-state index in [9.17, 15) is 18.0 Å². The first-order chi connectivity index (χ1) is 13.9. The maximum absolute atomic E-state index is 12.3. The second kappa shape index (κ2) is 9.31. The number of piperidine rings is 1. The number of nitrogens with zero attached hydrogens (tertiary/aromatic N) is 1. The van der Waals surface area contributed by atoms with Crippen LogP contribution < -0.4 is 10.1 Å². The fraction of sp³-hybridized carbons (Fsp3) is 0.409. The van der Waals surface area contributed by atoms with Crippen LogP contribution >= 0.6 is 0 Å². The summed E-state index contributed by atoms with van der Waals surface area (Å²) in [6.45, 7) is 0.653. The molecule has 0 saturated carbocycles. The molecule has 4 nitrogen and oxygen atoms in total. The second-order valence-electron chi connectivity index (χ2n) is 7.31. The van der Waals surface area contributed by atoms with Gasteiger partial charge < -0.3 is 10.1 Å². The molecule has 1 amide bonds. The number of halogens is 3. The van der Waals surface area contributed by atoms with E-state index >= 15 is 0 Å². The highest BCUT2D eigenvalue weighted by Crippen LogP contribution is 2.30. The second-order valence-corrected chi connectivity index (χ2v) is 7.31. The molecule has 2 aromatic carbocycles. The van der Waals surface area contributed by atoms with Gasteiger partial charge in [0.25, 0.3) is 0 Å². The van der Waals surface area contributed by atoms with E-state index in [0.717, 1.165) is 35.4 Å². The molecule has 0 bridgehead atoms. The lowest BCUT2D eigenvalue weighted by molar-refractivity contribution is -0.141. The lowest BCUT2D eigenvalue weighted by atomic mass is 9.96. The smallest absolute Gasteiger partial charge is 0.405 e. The molecule has 29 heavy (non-hydrogen) atoms. The Bertz CT molecular complexity index is 839. The highest BCUT2D eigenvalue weighted by atomic mass is 19.4. The third kappa shape index (κ3) is 5.97. The molecule has 1 aliphatic rings. The molecule has 1 heterocycles. The van der Waals surface area contributed by atoms with E-state index in [1.807, 2.05) is 47.8 Å². The maximum Gasteiger partial charge on any atom is 0.405 e. The number of amides is 1. The Labute approximate surface area is 168 Å². The molecule has 7 heteroatoms. The van der Waals surface area contributed by atoms with Crippen LogP contribution in [0.1, 0.15) is 18.4 Å². The van der Waals surface area contributed by atoms with Crippen LogP contribution in [0.3, 0.4) is 0 Å². The van der Waals surface area contributed by atoms with Gasteiger partial charge in [-0.15, -0.1) is 0 Å². The molecule has 0 aliphatic carbocycles. The topological polar surface area (TPSA) is 41.6 Å². The highest BCUT2D eigenvalue weighted by molar-refractivity contribution is 5.79. The van der Waals surface area contributed by atoms with Gasteiger partial charge in [0.2, 0.25) is 5.91 Å². The molecule has 0 radical (unpaired) electrons. The van der Waals surface area contributed by atoms with Gasteiger partial charge in [-0.3, -0.25) is 9.69 Å². The predicted molar refractivity (Wildman–Crippen MR) is 105 cm³/mol. The zero-order valence-corrected chi connectivity index (χ0v) is 16.3. The molecular weight excluding hydrogens is 381 g/mol. The Morgan fingerprint density at radius 3 is 2.76 bits per heavy atom. The Balaban J connectivity index is 1.65. The molecule has 0 aromatic heterocycles. The van der Waals surface area contributed by atoms with Crippen molar-refractivity contribution in [3.05, 3.63) is 54.1 Å². The number of methoxy groups -OCH3 is 1. The molecule has 1 unspecified atom stereocenters. The fourth-order valence-corrected chi connectivity index (χ4v) is 3.72. The van der Waals surface area contributed by atoms with E-state index in [0.29, 0.717) is 19.5 Å². The van der Waals surface area contributed by atoms with E-state index in [4.69, 9.17) is 4.74 Å². The van der Waals surface area contributed by atoms with Crippen LogP contribution in [-0.2, 0) is 11.3 Å². The highest BCUT2D eigenvalue weighted by Gasteiger charge is 2.31. The van der Waals surface area contributed by atoms with Crippen molar-refractivity contribution in [2.45, 2.75) is 25.6 Å². The Morgan fingerprint density at radius 1 is 1.21 bits per heavy atom. The monoisotopic (exact) mass is 406 g/mol. The third-order valence-electron chi connectivity index (χ3n) is 5.09. The van der Waals surface area contributed by atoms with Gasteiger partial charge in [0.1, 0.15) is 12.3 Å². The van der Waals surface area contributed by atoms with Crippen molar-refractivity contribution in [3.8, 4) is 16.9 Å². The maximum atomic E-state index is 12.3. The Kier molecular flexibility index (Phi) is 6.79. The van der Waals surface area contributed by atoms with Gasteiger partial charge in [-0.1, -0.05) is 36.4 Å². The van der Waals surface area contributed by atoms with Gasteiger partial charge in [0.05, 0.1) is 13.0 Å². The van der Waals surface area contributed by atoms with Crippen LogP contribution in [-0.4, -0.2) is 43.7 Å². The van der Waals surface area contributed by atoms with E-state index in [1.165, 1.54) is 0 Å². The third-order valence-corrected chi connectivity index (χ3v) is 5.09. The first kappa shape index (κ1) is 21.2. The average Bonchev–Trinajstić information content (AvgIpc) is 2.72. The largest absolute Gasteiger partial charge is 0.496 e. The summed E-state index contributed by atoms with van der Waals surface area (Å²) in [6.07, 6.45) is -2.99. The summed E-state index contributed by atoms with van der Waals surface area (Å²) in [6, 6.07) is 15.9. The lowest BCUT2D eigenvalue weighted by Gasteiger charge is -2.32. The van der Waals surface area contributed by atoms with E-state index in [2.05, 4.69) is 11.0 Å². The number of ether oxygens (including phenoxy) is 1. The minimum atomic E-state index is -4.39. The molecule has 1 N–H and O–H groups in total. The van der Waals surface area contributed by atoms with Gasteiger partial charge >= 0.3 is 6.18 Å². The molecule has 2 aromatic rings. The SMILES string of the molecule is COc1ccccc1-c1cccc(CN2CCCC(C(=O)NCC(F)(F)F)C2)c1. The van der Waals surface area contributed by atoms with Crippen LogP contribution in [0.25, 0.3) is 11.1 Å². The molecule has 3 rings (SSSR count). The van der Waals surface area contributed by atoms with Gasteiger partial charge in [-0.2, -0.15) is 13.2 Å². The zero-order chi connectivity index (χ0) is 20.9. The van der Waals surface area contributed by atoms with Crippen molar-refractivity contribution >= 4 is 5.91 Å². The van der Waals surface area contributed by atoms with Crippen molar-refractivity contribution in [3.63, 3.8) is 0 Å². The Hall–Kier alpha value is -2.54. The summed E-state index contributed by atoms with van der Waals surface area (Å²) in [5, 5.41) is 2.02. The summed E-state index contributed by atoms with van der Waals surface area (Å²) < 4.78 is 42.5. The number of hydrogen-bond donors (Lipinski definition) is 1. The quantitative estimate of drug-likeness (QED) is 0.780. The number of alkyl halides is 3. The number of rotatable bonds is 6. The number of nitrogens with one attached hydrogen (secondary N) is 1. The summed E-state index contributed by atoms with van der Waals surface area (Å²) in [5.74, 6) is -0.137. The van der Waals surface area contributed by atoms with Crippen molar-refractivity contribution < 1.29 is 22.7 Å². The number of carbonyl (C=O) groups excluding carboxylic acids is 1. The van der Waals surface area contributed by atoms with E-state index in [1.54, 1.807) is 7.11 Å².